The van der Waals surface area contributed by atoms with Gasteiger partial charge in [0.1, 0.15) is 17.6 Å². The summed E-state index contributed by atoms with van der Waals surface area (Å²) < 4.78 is 0. The average molecular weight is 386 g/mol. The average Bonchev–Trinajstić information content (AvgIpc) is 3.57. The van der Waals surface area contributed by atoms with Gasteiger partial charge in [-0.25, -0.2) is 9.79 Å². The number of allylic oxidation sites excluding steroid dienone is 4. The number of amidine groups is 1. The number of fused-ring (bicyclic) bond motifs is 1. The third kappa shape index (κ3) is 3.20. The SMILES string of the molecule is C=C/C=C(\C=C/CC)N1C(C2CC2)=NC2=C(C(=C=O)c3ccccc3N2C)C1C. The molecule has 4 heteroatoms. The van der Waals surface area contributed by atoms with Gasteiger partial charge in [-0.1, -0.05) is 43.9 Å². The highest BCUT2D eigenvalue weighted by molar-refractivity contribution is 6.06. The van der Waals surface area contributed by atoms with E-state index in [1.54, 1.807) is 0 Å². The highest BCUT2D eigenvalue weighted by atomic mass is 16.1. The van der Waals surface area contributed by atoms with Gasteiger partial charge in [0.25, 0.3) is 0 Å². The second-order valence-electron chi connectivity index (χ2n) is 7.72. The van der Waals surface area contributed by atoms with Crippen molar-refractivity contribution >= 4 is 23.0 Å². The molecule has 148 valence electrons. The molecule has 29 heavy (non-hydrogen) atoms. The molecule has 0 aromatic heterocycles. The van der Waals surface area contributed by atoms with Crippen molar-refractivity contribution in [2.45, 2.75) is 39.2 Å². The Hall–Kier alpha value is -3.10. The third-order valence-electron chi connectivity index (χ3n) is 5.77. The van der Waals surface area contributed by atoms with Gasteiger partial charge in [0, 0.05) is 29.8 Å². The molecule has 1 aromatic rings. The molecular weight excluding hydrogens is 358 g/mol. The number of hydrogen-bond donors (Lipinski definition) is 0. The molecule has 0 N–H and O–H groups in total. The number of rotatable bonds is 5. The highest BCUT2D eigenvalue weighted by Gasteiger charge is 2.42. The standard InChI is InChI=1S/C25H27N3O/c1-5-7-11-19(10-6-2)28-17(3)23-21(16-29)20-12-8-9-13-22(20)27(4)25(23)26-24(28)18-14-15-18/h6-13,17-18H,2,5,14-15H2,1,3-4H3/b11-7-,19-10+. The van der Waals surface area contributed by atoms with Crippen molar-refractivity contribution in [2.75, 3.05) is 11.9 Å². The molecule has 0 bridgehead atoms. The Labute approximate surface area is 172 Å². The summed E-state index contributed by atoms with van der Waals surface area (Å²) in [5, 5.41) is 0. The molecule has 1 fully saturated rings. The molecule has 4 rings (SSSR count). The minimum absolute atomic E-state index is 0.0296. The zero-order valence-corrected chi connectivity index (χ0v) is 17.4. The molecule has 3 aliphatic rings. The molecule has 1 aromatic carbocycles. The molecule has 0 spiro atoms. The quantitative estimate of drug-likeness (QED) is 0.522. The molecule has 1 aliphatic carbocycles. The van der Waals surface area contributed by atoms with Crippen molar-refractivity contribution in [3.05, 3.63) is 77.8 Å². The smallest absolute Gasteiger partial charge is 0.141 e. The fraction of sp³-hybridized carbons (Fsp3) is 0.320. The summed E-state index contributed by atoms with van der Waals surface area (Å²) in [7, 11) is 2.03. The summed E-state index contributed by atoms with van der Waals surface area (Å²) in [6.07, 6.45) is 11.4. The molecular formula is C25H27N3O. The number of carbonyl (C=O) groups excluding carboxylic acids is 1. The lowest BCUT2D eigenvalue weighted by molar-refractivity contribution is 0.435. The maximum absolute atomic E-state index is 12.1. The lowest BCUT2D eigenvalue weighted by atomic mass is 9.87. The van der Waals surface area contributed by atoms with Crippen molar-refractivity contribution in [2.24, 2.45) is 10.9 Å². The maximum Gasteiger partial charge on any atom is 0.141 e. The van der Waals surface area contributed by atoms with Crippen molar-refractivity contribution in [1.82, 2.24) is 4.90 Å². The third-order valence-corrected chi connectivity index (χ3v) is 5.77. The minimum Gasteiger partial charge on any atom is -0.328 e. The second kappa shape index (κ2) is 7.73. The second-order valence-corrected chi connectivity index (χ2v) is 7.72. The fourth-order valence-corrected chi connectivity index (χ4v) is 4.22. The van der Waals surface area contributed by atoms with Crippen LogP contribution in [-0.4, -0.2) is 29.8 Å². The van der Waals surface area contributed by atoms with Gasteiger partial charge in [0.2, 0.25) is 0 Å². The number of hydrogen-bond acceptors (Lipinski definition) is 4. The lowest BCUT2D eigenvalue weighted by Crippen LogP contribution is -2.45. The summed E-state index contributed by atoms with van der Waals surface area (Å²) >= 11 is 0. The van der Waals surface area contributed by atoms with Crippen molar-refractivity contribution in [3.8, 4) is 0 Å². The first-order chi connectivity index (χ1) is 14.1. The predicted molar refractivity (Wildman–Crippen MR) is 120 cm³/mol. The van der Waals surface area contributed by atoms with Crippen LogP contribution in [0.3, 0.4) is 0 Å². The Morgan fingerprint density at radius 3 is 2.76 bits per heavy atom. The predicted octanol–water partition coefficient (Wildman–Crippen LogP) is 5.11. The minimum atomic E-state index is -0.0296. The van der Waals surface area contributed by atoms with Gasteiger partial charge in [0.05, 0.1) is 17.3 Å². The van der Waals surface area contributed by atoms with Crippen molar-refractivity contribution < 1.29 is 4.79 Å². The van der Waals surface area contributed by atoms with Crippen LogP contribution in [0, 0.1) is 5.92 Å². The zero-order chi connectivity index (χ0) is 20.5. The van der Waals surface area contributed by atoms with E-state index in [-0.39, 0.29) is 6.04 Å². The van der Waals surface area contributed by atoms with Gasteiger partial charge in [-0.2, -0.15) is 0 Å². The van der Waals surface area contributed by atoms with Gasteiger partial charge < -0.3 is 9.80 Å². The summed E-state index contributed by atoms with van der Waals surface area (Å²) in [5.41, 5.74) is 4.52. The van der Waals surface area contributed by atoms with Crippen LogP contribution in [0.25, 0.3) is 5.57 Å². The number of nitrogens with zero attached hydrogens (tertiary/aromatic N) is 3. The molecule has 1 unspecified atom stereocenters. The molecule has 2 aliphatic heterocycles. The number of anilines is 1. The van der Waals surface area contributed by atoms with Gasteiger partial charge >= 0.3 is 0 Å². The van der Waals surface area contributed by atoms with Crippen LogP contribution in [-0.2, 0) is 4.79 Å². The number of benzene rings is 1. The Kier molecular flexibility index (Phi) is 5.12. The first kappa shape index (κ1) is 19.2. The Morgan fingerprint density at radius 1 is 1.34 bits per heavy atom. The fourth-order valence-electron chi connectivity index (χ4n) is 4.22. The maximum atomic E-state index is 12.1. The van der Waals surface area contributed by atoms with Gasteiger partial charge in [-0.05, 0) is 44.4 Å². The number of aliphatic imine (C=N–C) groups is 1. The summed E-state index contributed by atoms with van der Waals surface area (Å²) in [4.78, 5) is 21.6. The van der Waals surface area contributed by atoms with Gasteiger partial charge in [0.15, 0.2) is 0 Å². The molecule has 2 heterocycles. The monoisotopic (exact) mass is 385 g/mol. The zero-order valence-electron chi connectivity index (χ0n) is 17.4. The van der Waals surface area contributed by atoms with E-state index in [9.17, 15) is 4.79 Å². The van der Waals surface area contributed by atoms with Crippen molar-refractivity contribution in [1.29, 1.82) is 0 Å². The topological polar surface area (TPSA) is 35.9 Å². The molecule has 4 nitrogen and oxygen atoms in total. The van der Waals surface area contributed by atoms with Gasteiger partial charge in [-0.3, -0.25) is 0 Å². The Morgan fingerprint density at radius 2 is 2.10 bits per heavy atom. The molecule has 1 atom stereocenters. The summed E-state index contributed by atoms with van der Waals surface area (Å²) in [5.74, 6) is 4.65. The van der Waals surface area contributed by atoms with Crippen molar-refractivity contribution in [3.63, 3.8) is 0 Å². The van der Waals surface area contributed by atoms with Crippen LogP contribution in [0.2, 0.25) is 0 Å². The van der Waals surface area contributed by atoms with Crippen LogP contribution in [0.4, 0.5) is 5.69 Å². The number of para-hydroxylation sites is 1. The Balaban J connectivity index is 1.91. The largest absolute Gasteiger partial charge is 0.328 e. The van der Waals surface area contributed by atoms with Crippen LogP contribution < -0.4 is 4.90 Å². The van der Waals surface area contributed by atoms with Gasteiger partial charge in [-0.15, -0.1) is 0 Å². The molecule has 1 saturated carbocycles. The highest BCUT2D eigenvalue weighted by Crippen LogP contribution is 2.46. The van der Waals surface area contributed by atoms with E-state index in [0.717, 1.165) is 53.4 Å². The van der Waals surface area contributed by atoms with E-state index in [0.29, 0.717) is 11.5 Å². The van der Waals surface area contributed by atoms with Crippen LogP contribution >= 0.6 is 0 Å². The molecule has 0 saturated heterocycles. The van der Waals surface area contributed by atoms with Crippen LogP contribution in [0.1, 0.15) is 38.7 Å². The van der Waals surface area contributed by atoms with E-state index >= 15 is 0 Å². The molecule has 0 radical (unpaired) electrons. The molecule has 0 amide bonds. The van der Waals surface area contributed by atoms with E-state index in [1.165, 1.54) is 0 Å². The Bertz CT molecular complexity index is 1020. The van der Waals surface area contributed by atoms with E-state index < -0.39 is 0 Å². The van der Waals surface area contributed by atoms with Crippen LogP contribution in [0.15, 0.2) is 77.2 Å². The van der Waals surface area contributed by atoms with E-state index in [1.807, 2.05) is 43.5 Å². The first-order valence-corrected chi connectivity index (χ1v) is 10.3. The summed E-state index contributed by atoms with van der Waals surface area (Å²) in [6.45, 7) is 8.18. The summed E-state index contributed by atoms with van der Waals surface area (Å²) in [6, 6.07) is 7.95. The van der Waals surface area contributed by atoms with E-state index in [2.05, 4.69) is 48.3 Å². The normalized spacial score (nSPS) is 21.8. The lowest BCUT2D eigenvalue weighted by Gasteiger charge is -2.43. The van der Waals surface area contributed by atoms with E-state index in [4.69, 9.17) is 4.99 Å². The van der Waals surface area contributed by atoms with Crippen LogP contribution in [0.5, 0.6) is 0 Å². The first-order valence-electron chi connectivity index (χ1n) is 10.3.